The van der Waals surface area contributed by atoms with Gasteiger partial charge in [-0.1, -0.05) is 32.9 Å². The number of methoxy groups -OCH3 is 1. The third-order valence-electron chi connectivity index (χ3n) is 1.80. The molecule has 0 bridgehead atoms. The topological polar surface area (TPSA) is 29.5 Å². The van der Waals surface area contributed by atoms with Gasteiger partial charge in [0.15, 0.2) is 0 Å². The van der Waals surface area contributed by atoms with Crippen molar-refractivity contribution < 1.29 is 9.84 Å². The first-order valence-electron chi connectivity index (χ1n) is 5.22. The summed E-state index contributed by atoms with van der Waals surface area (Å²) in [4.78, 5) is 0. The van der Waals surface area contributed by atoms with Crippen LogP contribution in [-0.4, -0.2) is 18.3 Å². The van der Waals surface area contributed by atoms with Crippen LogP contribution in [0.15, 0.2) is 23.5 Å². The third-order valence-corrected chi connectivity index (χ3v) is 1.80. The molecule has 0 aromatic carbocycles. The number of hydrogen-bond acceptors (Lipinski definition) is 2. The monoisotopic (exact) mass is 200 g/mol. The van der Waals surface area contributed by atoms with Crippen LogP contribution >= 0.6 is 0 Å². The number of rotatable bonds is 4. The van der Waals surface area contributed by atoms with Crippen LogP contribution in [0.5, 0.6) is 0 Å². The van der Waals surface area contributed by atoms with Crippen LogP contribution in [0, 0.1) is 0 Å². The lowest BCUT2D eigenvalue weighted by Crippen LogP contribution is -2.09. The molecule has 2 heteroatoms. The van der Waals surface area contributed by atoms with E-state index in [1.807, 2.05) is 46.8 Å². The molecule has 0 heterocycles. The number of allylic oxidation sites excluding steroid dienone is 2. The maximum atomic E-state index is 9.56. The predicted octanol–water partition coefficient (Wildman–Crippen LogP) is 3.28. The van der Waals surface area contributed by atoms with Gasteiger partial charge in [0.1, 0.15) is 0 Å². The molecule has 0 rings (SSSR count). The molecule has 0 spiro atoms. The van der Waals surface area contributed by atoms with Gasteiger partial charge in [0.25, 0.3) is 0 Å². The van der Waals surface area contributed by atoms with E-state index in [1.54, 1.807) is 7.11 Å². The number of ether oxygens (including phenoxy) is 1. The first kappa shape index (κ1) is 15.7. The zero-order valence-electron chi connectivity index (χ0n) is 10.3. The second-order valence-corrected chi connectivity index (χ2v) is 2.64. The molecular formula is C12H24O2. The van der Waals surface area contributed by atoms with Gasteiger partial charge in [-0.15, -0.1) is 0 Å². The molecule has 0 aliphatic heterocycles. The molecule has 0 fully saturated rings. The van der Waals surface area contributed by atoms with E-state index in [0.717, 1.165) is 11.3 Å². The van der Waals surface area contributed by atoms with Crippen molar-refractivity contribution in [3.8, 4) is 0 Å². The molecule has 0 saturated carbocycles. The second-order valence-electron chi connectivity index (χ2n) is 2.64. The first-order chi connectivity index (χ1) is 6.67. The summed E-state index contributed by atoms with van der Waals surface area (Å²) in [7, 11) is 1.61. The van der Waals surface area contributed by atoms with Gasteiger partial charge in [-0.3, -0.25) is 0 Å². The van der Waals surface area contributed by atoms with Crippen LogP contribution in [-0.2, 0) is 4.74 Å². The minimum Gasteiger partial charge on any atom is -0.501 e. The van der Waals surface area contributed by atoms with Crippen molar-refractivity contribution >= 4 is 0 Å². The Morgan fingerprint density at radius 2 is 1.93 bits per heavy atom. The van der Waals surface area contributed by atoms with Crippen LogP contribution in [0.25, 0.3) is 0 Å². The fraction of sp³-hybridized carbons (Fsp3) is 0.667. The van der Waals surface area contributed by atoms with E-state index < -0.39 is 6.10 Å². The smallest absolute Gasteiger partial charge is 0.0982 e. The SMILES string of the molecule is C/C=C\C(=C(/C)OC)C(O)CC.CC. The van der Waals surface area contributed by atoms with Gasteiger partial charge in [-0.25, -0.2) is 0 Å². The molecule has 0 saturated heterocycles. The molecule has 0 aliphatic carbocycles. The molecule has 1 atom stereocenters. The molecule has 0 amide bonds. The molecule has 0 radical (unpaired) electrons. The van der Waals surface area contributed by atoms with E-state index in [1.165, 1.54) is 0 Å². The molecule has 1 unspecified atom stereocenters. The maximum absolute atomic E-state index is 9.56. The molecule has 0 aliphatic rings. The van der Waals surface area contributed by atoms with E-state index in [-0.39, 0.29) is 0 Å². The summed E-state index contributed by atoms with van der Waals surface area (Å²) < 4.78 is 5.06. The lowest BCUT2D eigenvalue weighted by Gasteiger charge is -2.12. The number of hydrogen-bond donors (Lipinski definition) is 1. The highest BCUT2D eigenvalue weighted by Gasteiger charge is 2.08. The van der Waals surface area contributed by atoms with Crippen molar-refractivity contribution in [1.82, 2.24) is 0 Å². The average molecular weight is 200 g/mol. The van der Waals surface area contributed by atoms with Gasteiger partial charge >= 0.3 is 0 Å². The quantitative estimate of drug-likeness (QED) is 0.557. The zero-order valence-corrected chi connectivity index (χ0v) is 10.3. The van der Waals surface area contributed by atoms with Gasteiger partial charge in [0.2, 0.25) is 0 Å². The Morgan fingerprint density at radius 3 is 2.21 bits per heavy atom. The van der Waals surface area contributed by atoms with Gasteiger partial charge in [-0.05, 0) is 20.3 Å². The molecule has 0 aromatic rings. The fourth-order valence-corrected chi connectivity index (χ4v) is 0.980. The standard InChI is InChI=1S/C10H18O2.C2H6/c1-5-7-9(8(3)12-4)10(11)6-2;1-2/h5,7,10-11H,6H2,1-4H3;1-2H3/b7-5-,9-8-;. The normalized spacial score (nSPS) is 14.2. The van der Waals surface area contributed by atoms with Gasteiger partial charge in [-0.2, -0.15) is 0 Å². The van der Waals surface area contributed by atoms with Crippen molar-refractivity contribution in [2.45, 2.75) is 47.1 Å². The van der Waals surface area contributed by atoms with Crippen molar-refractivity contribution in [2.75, 3.05) is 7.11 Å². The Kier molecular flexibility index (Phi) is 11.6. The molecule has 84 valence electrons. The number of aliphatic hydroxyl groups excluding tert-OH is 1. The van der Waals surface area contributed by atoms with Crippen LogP contribution in [0.4, 0.5) is 0 Å². The summed E-state index contributed by atoms with van der Waals surface area (Å²) in [5.41, 5.74) is 0.863. The Morgan fingerprint density at radius 1 is 1.43 bits per heavy atom. The van der Waals surface area contributed by atoms with Crippen molar-refractivity contribution in [2.24, 2.45) is 0 Å². The highest BCUT2D eigenvalue weighted by atomic mass is 16.5. The minimum atomic E-state index is -0.416. The Hall–Kier alpha value is -0.760. The Labute approximate surface area is 88.3 Å². The van der Waals surface area contributed by atoms with Gasteiger partial charge in [0.05, 0.1) is 19.0 Å². The van der Waals surface area contributed by atoms with E-state index in [4.69, 9.17) is 4.74 Å². The van der Waals surface area contributed by atoms with Crippen molar-refractivity contribution in [1.29, 1.82) is 0 Å². The third kappa shape index (κ3) is 5.81. The summed E-state index contributed by atoms with van der Waals surface area (Å²) in [5, 5.41) is 9.56. The molecule has 2 nitrogen and oxygen atoms in total. The summed E-state index contributed by atoms with van der Waals surface area (Å²) in [6.07, 6.45) is 4.07. The van der Waals surface area contributed by atoms with Gasteiger partial charge in [0, 0.05) is 5.57 Å². The predicted molar refractivity (Wildman–Crippen MR) is 62.2 cm³/mol. The van der Waals surface area contributed by atoms with Crippen LogP contribution in [0.1, 0.15) is 41.0 Å². The van der Waals surface area contributed by atoms with Crippen LogP contribution < -0.4 is 0 Å². The minimum absolute atomic E-state index is 0.416. The number of aliphatic hydroxyl groups is 1. The summed E-state index contributed by atoms with van der Waals surface area (Å²) in [6, 6.07) is 0. The fourth-order valence-electron chi connectivity index (χ4n) is 0.980. The van der Waals surface area contributed by atoms with E-state index in [2.05, 4.69) is 0 Å². The lowest BCUT2D eigenvalue weighted by molar-refractivity contribution is 0.196. The van der Waals surface area contributed by atoms with E-state index in [0.29, 0.717) is 6.42 Å². The summed E-state index contributed by atoms with van der Waals surface area (Å²) >= 11 is 0. The van der Waals surface area contributed by atoms with E-state index >= 15 is 0 Å². The van der Waals surface area contributed by atoms with Gasteiger partial charge < -0.3 is 9.84 Å². The van der Waals surface area contributed by atoms with Crippen molar-refractivity contribution in [3.05, 3.63) is 23.5 Å². The van der Waals surface area contributed by atoms with Crippen molar-refractivity contribution in [3.63, 3.8) is 0 Å². The van der Waals surface area contributed by atoms with E-state index in [9.17, 15) is 5.11 Å². The first-order valence-corrected chi connectivity index (χ1v) is 5.22. The zero-order chi connectivity index (χ0) is 11.6. The lowest BCUT2D eigenvalue weighted by atomic mass is 10.1. The highest BCUT2D eigenvalue weighted by Crippen LogP contribution is 2.13. The second kappa shape index (κ2) is 10.3. The highest BCUT2D eigenvalue weighted by molar-refractivity contribution is 5.25. The summed E-state index contributed by atoms with van der Waals surface area (Å²) in [5.74, 6) is 0.780. The average Bonchev–Trinajstić information content (AvgIpc) is 2.26. The Balaban J connectivity index is 0. The maximum Gasteiger partial charge on any atom is 0.0982 e. The molecular weight excluding hydrogens is 176 g/mol. The Bertz CT molecular complexity index is 181. The molecule has 0 aromatic heterocycles. The van der Waals surface area contributed by atoms with Crippen LogP contribution in [0.2, 0.25) is 0 Å². The van der Waals surface area contributed by atoms with Crippen LogP contribution in [0.3, 0.4) is 0 Å². The summed E-state index contributed by atoms with van der Waals surface area (Å²) in [6.45, 7) is 9.72. The molecule has 14 heavy (non-hydrogen) atoms. The largest absolute Gasteiger partial charge is 0.501 e. The molecule has 1 N–H and O–H groups in total.